The second-order valence-corrected chi connectivity index (χ2v) is 35.0. The van der Waals surface area contributed by atoms with E-state index in [0.717, 1.165) is 0 Å². The Hall–Kier alpha value is -7.40. The van der Waals surface area contributed by atoms with Gasteiger partial charge in [-0.1, -0.05) is 176 Å². The molecule has 0 saturated heterocycles. The molecule has 0 radical (unpaired) electrons. The fraction of sp³-hybridized carbons (Fsp3) is 0.733. The molecule has 0 rings (SSSR count). The van der Waals surface area contributed by atoms with Crippen molar-refractivity contribution in [1.29, 1.82) is 0 Å². The van der Waals surface area contributed by atoms with Gasteiger partial charge in [0.1, 0.15) is 42.2 Å². The van der Waals surface area contributed by atoms with Gasteiger partial charge in [-0.15, -0.1) is 13.2 Å². The predicted molar refractivity (Wildman–Crippen MR) is 375 cm³/mol. The first-order valence-electron chi connectivity index (χ1n) is 33.5. The summed E-state index contributed by atoms with van der Waals surface area (Å²) in [6.45, 7) is 57.0. The monoisotopic (exact) mass is 1400 g/mol. The van der Waals surface area contributed by atoms with Crippen LogP contribution in [0.4, 0.5) is 0 Å². The van der Waals surface area contributed by atoms with E-state index in [0.29, 0.717) is 12.8 Å². The van der Waals surface area contributed by atoms with Crippen LogP contribution >= 0.6 is 0 Å². The number of rotatable bonds is 41. The van der Waals surface area contributed by atoms with Crippen molar-refractivity contribution in [2.24, 2.45) is 48.7 Å². The SMILES string of the molecule is C=CCOC(=O)CC(CC(=O)O)(CC(=O)OC(C)(C)CC(C)(C)C=C)OC(=O)C(=O)OC(C(C)(C)CC(C)(C)C)C(C)(C)CC(C)(C)C(=O)NCCNC(=O)C(C)(C)CC(C)(C)C(OC(=O)C(=O)OC(CC(=O)O)(CC(=O)OCC=C)CC(=O)N(C)C(C)(C)C=C)C(C)(C)CC(C)(C)C. The number of carboxylic acid groups (broad SMARTS) is 2. The van der Waals surface area contributed by atoms with Crippen molar-refractivity contribution >= 4 is 71.4 Å². The maximum absolute atomic E-state index is 14.3. The molecule has 0 aromatic rings. The van der Waals surface area contributed by atoms with Crippen LogP contribution in [0.15, 0.2) is 50.6 Å². The Morgan fingerprint density at radius 1 is 0.414 bits per heavy atom. The van der Waals surface area contributed by atoms with E-state index in [1.165, 1.54) is 30.2 Å². The van der Waals surface area contributed by atoms with Crippen LogP contribution in [0.2, 0.25) is 0 Å². The van der Waals surface area contributed by atoms with Gasteiger partial charge in [0.05, 0.1) is 44.1 Å². The van der Waals surface area contributed by atoms with Crippen molar-refractivity contribution in [2.45, 2.75) is 271 Å². The highest BCUT2D eigenvalue weighted by Gasteiger charge is 2.54. The summed E-state index contributed by atoms with van der Waals surface area (Å²) in [5.74, 6) is -14.5. The average Bonchev–Trinajstić information content (AvgIpc) is 0.784. The molecule has 99 heavy (non-hydrogen) atoms. The third-order valence-electron chi connectivity index (χ3n) is 17.0. The van der Waals surface area contributed by atoms with Gasteiger partial charge in [-0.05, 0) is 76.0 Å². The summed E-state index contributed by atoms with van der Waals surface area (Å²) in [5, 5.41) is 26.1. The molecule has 0 fully saturated rings. The van der Waals surface area contributed by atoms with Crippen LogP contribution in [0.1, 0.15) is 237 Å². The smallest absolute Gasteiger partial charge is 0.418 e. The van der Waals surface area contributed by atoms with E-state index in [9.17, 15) is 67.7 Å². The first-order chi connectivity index (χ1) is 44.4. The van der Waals surface area contributed by atoms with E-state index >= 15 is 0 Å². The maximum Gasteiger partial charge on any atom is 0.418 e. The van der Waals surface area contributed by atoms with Gasteiger partial charge >= 0.3 is 53.7 Å². The Labute approximate surface area is 589 Å². The number of nitrogens with one attached hydrogen (secondary N) is 2. The van der Waals surface area contributed by atoms with Crippen molar-refractivity contribution in [3.63, 3.8) is 0 Å². The van der Waals surface area contributed by atoms with Crippen LogP contribution in [-0.2, 0) is 90.7 Å². The molecule has 0 aliphatic rings. The lowest BCUT2D eigenvalue weighted by molar-refractivity contribution is -0.197. The highest BCUT2D eigenvalue weighted by molar-refractivity contribution is 6.30. The van der Waals surface area contributed by atoms with Gasteiger partial charge in [0.25, 0.3) is 0 Å². The topological polar surface area (TPSA) is 337 Å². The van der Waals surface area contributed by atoms with Crippen LogP contribution in [0.3, 0.4) is 0 Å². The molecule has 0 heterocycles. The van der Waals surface area contributed by atoms with Gasteiger partial charge in [0.2, 0.25) is 17.7 Å². The lowest BCUT2D eigenvalue weighted by atomic mass is 9.61. The van der Waals surface area contributed by atoms with Crippen LogP contribution in [0.25, 0.3) is 0 Å². The molecule has 24 nitrogen and oxygen atoms in total. The lowest BCUT2D eigenvalue weighted by Crippen LogP contribution is -2.52. The van der Waals surface area contributed by atoms with Crippen LogP contribution in [-0.4, -0.2) is 154 Å². The number of allylic oxidation sites excluding steroid dienone is 1. The minimum absolute atomic E-state index is 0.0259. The molecule has 4 atom stereocenters. The van der Waals surface area contributed by atoms with E-state index in [2.05, 4.69) is 36.9 Å². The first-order valence-corrected chi connectivity index (χ1v) is 33.5. The summed E-state index contributed by atoms with van der Waals surface area (Å²) >= 11 is 0. The molecule has 0 aromatic heterocycles. The number of likely N-dealkylation sites (N-methyl/N-ethyl adjacent to an activating group) is 1. The third-order valence-corrected chi connectivity index (χ3v) is 17.0. The van der Waals surface area contributed by atoms with E-state index < -0.39 is 188 Å². The number of ether oxygens (including phenoxy) is 7. The van der Waals surface area contributed by atoms with E-state index in [4.69, 9.17) is 33.2 Å². The molecule has 24 heteroatoms. The molecule has 564 valence electrons. The summed E-state index contributed by atoms with van der Waals surface area (Å²) in [6.07, 6.45) is -1.49. The van der Waals surface area contributed by atoms with Crippen LogP contribution in [0, 0.1) is 48.7 Å². The summed E-state index contributed by atoms with van der Waals surface area (Å²) < 4.78 is 39.7. The fourth-order valence-corrected chi connectivity index (χ4v) is 14.7. The second kappa shape index (κ2) is 35.3. The Morgan fingerprint density at radius 2 is 0.737 bits per heavy atom. The highest BCUT2D eigenvalue weighted by atomic mass is 16.6. The molecular formula is C75H123N3O21. The van der Waals surface area contributed by atoms with Gasteiger partial charge in [-0.25, -0.2) is 19.2 Å². The predicted octanol–water partition coefficient (Wildman–Crippen LogP) is 11.7. The largest absolute Gasteiger partial charge is 0.481 e. The summed E-state index contributed by atoms with van der Waals surface area (Å²) in [4.78, 5) is 166. The third kappa shape index (κ3) is 31.4. The Kier molecular flexibility index (Phi) is 32.6. The van der Waals surface area contributed by atoms with Crippen molar-refractivity contribution in [3.8, 4) is 0 Å². The molecule has 0 aliphatic heterocycles. The number of amides is 3. The summed E-state index contributed by atoms with van der Waals surface area (Å²) in [6, 6.07) is 0. The highest BCUT2D eigenvalue weighted by Crippen LogP contribution is 2.50. The van der Waals surface area contributed by atoms with Gasteiger partial charge in [-0.2, -0.15) is 0 Å². The standard InChI is InChI=1S/C75H123N3O21/c1-30-36-93-52(84)41-74(39-50(80)81,38-49(79)78(29)72(25,26)33-4)98-57(89)55(87)95-59(66(13,14)44-63(5,6)7)68(17,18)47-70(21,22)61(91)76-34-35-77-62(92)71(23,24)48-69(19,20)60(67(15,16)45-64(8,9)10)96-56(88)58(90)99-75(40-51(82)83,42-53(85)94-37-31-2)43-54(86)97-73(27,28)46-65(11,12)32-3/h30-33,59-60H,1-4,34-48H2,5-29H3,(H,76,91)(H,77,92)(H,80,81)(H,82,83). The molecule has 4 N–H and O–H groups in total. The van der Waals surface area contributed by atoms with Crippen LogP contribution in [0.5, 0.6) is 0 Å². The number of hydrogen-bond acceptors (Lipinski definition) is 19. The number of esters is 7. The maximum atomic E-state index is 14.3. The van der Waals surface area contributed by atoms with E-state index in [1.807, 2.05) is 83.1 Å². The molecular weight excluding hydrogens is 1280 g/mol. The molecule has 0 bridgehead atoms. The molecule has 0 spiro atoms. The summed E-state index contributed by atoms with van der Waals surface area (Å²) in [5.41, 5.74) is -15.0. The van der Waals surface area contributed by atoms with Gasteiger partial charge in [-0.3, -0.25) is 38.4 Å². The minimum Gasteiger partial charge on any atom is -0.481 e. The normalized spacial score (nSPS) is 14.7. The zero-order valence-electron chi connectivity index (χ0n) is 64.5. The molecule has 0 aliphatic carbocycles. The van der Waals surface area contributed by atoms with Crippen molar-refractivity contribution in [3.05, 3.63) is 50.6 Å². The van der Waals surface area contributed by atoms with E-state index in [-0.39, 0.29) is 51.0 Å². The van der Waals surface area contributed by atoms with Gasteiger partial charge < -0.3 is 58.9 Å². The molecule has 0 aromatic carbocycles. The quantitative estimate of drug-likeness (QED) is 0.0145. The van der Waals surface area contributed by atoms with E-state index in [1.54, 1.807) is 89.2 Å². The van der Waals surface area contributed by atoms with Crippen molar-refractivity contribution in [2.75, 3.05) is 33.4 Å². The molecule has 3 amide bonds. The first kappa shape index (κ1) is 91.6. The fourth-order valence-electron chi connectivity index (χ4n) is 14.7. The second-order valence-electron chi connectivity index (χ2n) is 35.0. The van der Waals surface area contributed by atoms with Gasteiger partial charge in [0.15, 0.2) is 0 Å². The number of carbonyl (C=O) groups excluding carboxylic acids is 10. The Balaban J connectivity index is 7.10. The van der Waals surface area contributed by atoms with Crippen molar-refractivity contribution in [1.82, 2.24) is 15.5 Å². The van der Waals surface area contributed by atoms with Crippen molar-refractivity contribution < 1.29 is 101 Å². The van der Waals surface area contributed by atoms with Crippen LogP contribution < -0.4 is 10.6 Å². The molecule has 0 saturated carbocycles. The lowest BCUT2D eigenvalue weighted by Gasteiger charge is -2.48. The number of hydrogen-bond donors (Lipinski definition) is 4. The average molecular weight is 1400 g/mol. The Morgan fingerprint density at radius 3 is 1.04 bits per heavy atom. The number of carboxylic acids is 2. The Bertz CT molecular complexity index is 2950. The number of carbonyl (C=O) groups is 12. The zero-order valence-corrected chi connectivity index (χ0v) is 64.5. The summed E-state index contributed by atoms with van der Waals surface area (Å²) in [7, 11) is 1.41. The number of nitrogens with zero attached hydrogens (tertiary/aromatic N) is 1. The minimum atomic E-state index is -2.51. The molecule has 4 unspecified atom stereocenters. The number of aliphatic carboxylic acids is 2. The van der Waals surface area contributed by atoms with Gasteiger partial charge in [0, 0.05) is 52.6 Å². The zero-order chi connectivity index (χ0) is 78.0.